The molecule has 5 nitrogen and oxygen atoms in total. The third-order valence-corrected chi connectivity index (χ3v) is 5.95. The van der Waals surface area contributed by atoms with E-state index in [1.54, 1.807) is 17.1 Å². The Morgan fingerprint density at radius 1 is 1.11 bits per heavy atom. The number of aromatic nitrogens is 2. The maximum Gasteiger partial charge on any atom is 0.264 e. The lowest BCUT2D eigenvalue weighted by atomic mass is 10.2. The van der Waals surface area contributed by atoms with Crippen molar-refractivity contribution in [3.8, 4) is 0 Å². The van der Waals surface area contributed by atoms with Crippen LogP contribution in [0.3, 0.4) is 0 Å². The lowest BCUT2D eigenvalue weighted by Crippen LogP contribution is -2.48. The van der Waals surface area contributed by atoms with Crippen molar-refractivity contribution in [3.63, 3.8) is 0 Å². The molecule has 1 aliphatic heterocycles. The fraction of sp³-hybridized carbons (Fsp3) is 0.300. The lowest BCUT2D eigenvalue weighted by molar-refractivity contribution is 0.0633. The molecule has 1 amide bonds. The van der Waals surface area contributed by atoms with E-state index in [-0.39, 0.29) is 11.7 Å². The molecule has 1 aromatic carbocycles. The van der Waals surface area contributed by atoms with Crippen molar-refractivity contribution in [1.29, 1.82) is 0 Å². The Kier molecular flexibility index (Phi) is 5.75. The average Bonchev–Trinajstić information content (AvgIpc) is 3.33. The summed E-state index contributed by atoms with van der Waals surface area (Å²) in [4.78, 5) is 17.7. The molecule has 28 heavy (non-hydrogen) atoms. The van der Waals surface area contributed by atoms with Crippen LogP contribution < -0.4 is 0 Å². The minimum Gasteiger partial charge on any atom is -0.335 e. The van der Waals surface area contributed by atoms with Crippen molar-refractivity contribution < 1.29 is 9.18 Å². The van der Waals surface area contributed by atoms with Crippen LogP contribution in [0.1, 0.15) is 20.8 Å². The molecule has 0 unspecified atom stereocenters. The summed E-state index contributed by atoms with van der Waals surface area (Å²) in [5.41, 5.74) is 2.13. The van der Waals surface area contributed by atoms with E-state index in [1.165, 1.54) is 23.5 Å². The summed E-state index contributed by atoms with van der Waals surface area (Å²) in [6.45, 7) is 4.39. The van der Waals surface area contributed by atoms with Crippen molar-refractivity contribution in [2.45, 2.75) is 13.1 Å². The Bertz CT molecular complexity index is 947. The van der Waals surface area contributed by atoms with Gasteiger partial charge < -0.3 is 4.90 Å². The highest BCUT2D eigenvalue weighted by Gasteiger charge is 2.23. The van der Waals surface area contributed by atoms with E-state index in [4.69, 9.17) is 11.6 Å². The number of piperazine rings is 1. The van der Waals surface area contributed by atoms with Gasteiger partial charge in [0.15, 0.2) is 0 Å². The standard InChI is InChI=1S/C20H20ClFN4OS/c21-17-10-23-26(13-17)12-16-9-19(28-14-16)20(27)25-7-5-24(6-8-25)11-15-1-3-18(22)4-2-15/h1-4,9-10,13-14H,5-8,11-12H2. The van der Waals surface area contributed by atoms with E-state index in [9.17, 15) is 9.18 Å². The molecular formula is C20H20ClFN4OS. The van der Waals surface area contributed by atoms with Gasteiger partial charge in [0, 0.05) is 38.9 Å². The Balaban J connectivity index is 1.30. The van der Waals surface area contributed by atoms with E-state index in [2.05, 4.69) is 10.00 Å². The van der Waals surface area contributed by atoms with Gasteiger partial charge in [0.2, 0.25) is 0 Å². The third kappa shape index (κ3) is 4.60. The van der Waals surface area contributed by atoms with Crippen LogP contribution in [0.25, 0.3) is 0 Å². The van der Waals surface area contributed by atoms with Gasteiger partial charge in [-0.3, -0.25) is 14.4 Å². The second-order valence-corrected chi connectivity index (χ2v) is 8.22. The van der Waals surface area contributed by atoms with Gasteiger partial charge in [0.1, 0.15) is 5.82 Å². The average molecular weight is 419 g/mol. The first kappa shape index (κ1) is 19.1. The van der Waals surface area contributed by atoms with Gasteiger partial charge in [-0.05, 0) is 34.7 Å². The van der Waals surface area contributed by atoms with Crippen molar-refractivity contribution in [2.24, 2.45) is 0 Å². The maximum absolute atomic E-state index is 13.0. The Morgan fingerprint density at radius 2 is 1.86 bits per heavy atom. The van der Waals surface area contributed by atoms with Crippen molar-refractivity contribution in [1.82, 2.24) is 19.6 Å². The number of carbonyl (C=O) groups excluding carboxylic acids is 1. The number of rotatable bonds is 5. The number of nitrogens with zero attached hydrogens (tertiary/aromatic N) is 4. The van der Waals surface area contributed by atoms with Crippen LogP contribution in [-0.4, -0.2) is 51.7 Å². The zero-order valence-corrected chi connectivity index (χ0v) is 16.8. The van der Waals surface area contributed by atoms with E-state index in [0.717, 1.165) is 35.6 Å². The summed E-state index contributed by atoms with van der Waals surface area (Å²) in [6, 6.07) is 8.54. The molecule has 8 heteroatoms. The molecule has 0 N–H and O–H groups in total. The van der Waals surface area contributed by atoms with Gasteiger partial charge >= 0.3 is 0 Å². The van der Waals surface area contributed by atoms with Gasteiger partial charge in [0.25, 0.3) is 5.91 Å². The molecule has 0 saturated carbocycles. The summed E-state index contributed by atoms with van der Waals surface area (Å²) in [5.74, 6) is -0.138. The van der Waals surface area contributed by atoms with Crippen molar-refractivity contribution in [2.75, 3.05) is 26.2 Å². The van der Waals surface area contributed by atoms with Gasteiger partial charge in [-0.1, -0.05) is 23.7 Å². The molecule has 0 bridgehead atoms. The van der Waals surface area contributed by atoms with Crippen LogP contribution in [0.5, 0.6) is 0 Å². The molecule has 0 radical (unpaired) electrons. The Morgan fingerprint density at radius 3 is 2.54 bits per heavy atom. The van der Waals surface area contributed by atoms with Crippen molar-refractivity contribution in [3.05, 3.63) is 74.9 Å². The molecule has 1 saturated heterocycles. The number of benzene rings is 1. The number of halogens is 2. The zero-order valence-electron chi connectivity index (χ0n) is 15.2. The second-order valence-electron chi connectivity index (χ2n) is 6.87. The number of amides is 1. The first-order valence-electron chi connectivity index (χ1n) is 9.08. The van der Waals surface area contributed by atoms with Crippen LogP contribution in [0.4, 0.5) is 4.39 Å². The molecule has 3 heterocycles. The van der Waals surface area contributed by atoms with Crippen LogP contribution in [0, 0.1) is 5.82 Å². The number of hydrogen-bond donors (Lipinski definition) is 0. The van der Waals surface area contributed by atoms with Crippen LogP contribution in [0.15, 0.2) is 48.1 Å². The molecule has 1 aliphatic rings. The highest BCUT2D eigenvalue weighted by Crippen LogP contribution is 2.20. The molecule has 3 aromatic rings. The minimum atomic E-state index is -0.217. The lowest BCUT2D eigenvalue weighted by Gasteiger charge is -2.34. The number of carbonyl (C=O) groups is 1. The second kappa shape index (κ2) is 8.43. The Labute approximate surface area is 171 Å². The van der Waals surface area contributed by atoms with Gasteiger partial charge in [-0.25, -0.2) is 4.39 Å². The van der Waals surface area contributed by atoms with Gasteiger partial charge in [-0.15, -0.1) is 11.3 Å². The highest BCUT2D eigenvalue weighted by molar-refractivity contribution is 7.12. The summed E-state index contributed by atoms with van der Waals surface area (Å²) in [6.07, 6.45) is 3.37. The van der Waals surface area contributed by atoms with Crippen LogP contribution >= 0.6 is 22.9 Å². The minimum absolute atomic E-state index is 0.0798. The normalized spacial score (nSPS) is 15.1. The van der Waals surface area contributed by atoms with E-state index in [1.807, 2.05) is 28.5 Å². The summed E-state index contributed by atoms with van der Waals surface area (Å²) >= 11 is 7.36. The van der Waals surface area contributed by atoms with E-state index >= 15 is 0 Å². The largest absolute Gasteiger partial charge is 0.335 e. The summed E-state index contributed by atoms with van der Waals surface area (Å²) in [7, 11) is 0. The number of thiophene rings is 1. The highest BCUT2D eigenvalue weighted by atomic mass is 35.5. The van der Waals surface area contributed by atoms with Gasteiger partial charge in [0.05, 0.1) is 22.6 Å². The first-order chi connectivity index (χ1) is 13.6. The van der Waals surface area contributed by atoms with Crippen LogP contribution in [0.2, 0.25) is 5.02 Å². The molecule has 0 spiro atoms. The monoisotopic (exact) mass is 418 g/mol. The first-order valence-corrected chi connectivity index (χ1v) is 10.3. The smallest absolute Gasteiger partial charge is 0.264 e. The third-order valence-electron chi connectivity index (χ3n) is 4.79. The summed E-state index contributed by atoms with van der Waals surface area (Å²) < 4.78 is 14.8. The predicted octanol–water partition coefficient (Wildman–Crippen LogP) is 3.74. The fourth-order valence-corrected chi connectivity index (χ4v) is 4.32. The molecule has 0 atom stereocenters. The van der Waals surface area contributed by atoms with Crippen LogP contribution in [-0.2, 0) is 13.1 Å². The zero-order chi connectivity index (χ0) is 19.5. The van der Waals surface area contributed by atoms with E-state index < -0.39 is 0 Å². The van der Waals surface area contributed by atoms with Gasteiger partial charge in [-0.2, -0.15) is 5.10 Å². The molecule has 4 rings (SSSR count). The molecular weight excluding hydrogens is 399 g/mol. The molecule has 146 valence electrons. The Hall–Kier alpha value is -2.22. The summed E-state index contributed by atoms with van der Waals surface area (Å²) in [5, 5.41) is 6.77. The quantitative estimate of drug-likeness (QED) is 0.633. The van der Waals surface area contributed by atoms with Crippen molar-refractivity contribution >= 4 is 28.8 Å². The predicted molar refractivity (Wildman–Crippen MR) is 108 cm³/mol. The molecule has 0 aliphatic carbocycles. The maximum atomic E-state index is 13.0. The molecule has 1 fully saturated rings. The topological polar surface area (TPSA) is 41.4 Å². The fourth-order valence-electron chi connectivity index (χ4n) is 3.30. The number of hydrogen-bond acceptors (Lipinski definition) is 4. The SMILES string of the molecule is O=C(c1cc(Cn2cc(Cl)cn2)cs1)N1CCN(Cc2ccc(F)cc2)CC1. The van der Waals surface area contributed by atoms with E-state index in [0.29, 0.717) is 24.7 Å². The molecule has 2 aromatic heterocycles.